The van der Waals surface area contributed by atoms with Gasteiger partial charge in [-0.3, -0.25) is 0 Å². The molecule has 0 saturated heterocycles. The molecule has 0 unspecified atom stereocenters. The maximum absolute atomic E-state index is 5.24. The molecular weight excluding hydrogens is 207 g/mol. The van der Waals surface area contributed by atoms with Gasteiger partial charge in [0.05, 0.1) is 6.26 Å². The van der Waals surface area contributed by atoms with Gasteiger partial charge in [-0.25, -0.2) is 0 Å². The van der Waals surface area contributed by atoms with Crippen LogP contribution in [0, 0.1) is 0 Å². The zero-order chi connectivity index (χ0) is 6.81. The van der Waals surface area contributed by atoms with Crippen LogP contribution in [-0.2, 0) is 23.5 Å². The standard InChI is InChI=1S/C9H8O.Al.Fe/c1-2-6-9-8(4-1)5-3-7-10-9;;/h1-4,6-7H,5H2;;. The van der Waals surface area contributed by atoms with Crippen molar-refractivity contribution in [2.24, 2.45) is 0 Å². The van der Waals surface area contributed by atoms with Crippen molar-refractivity contribution in [2.75, 3.05) is 0 Å². The second-order valence-corrected chi connectivity index (χ2v) is 2.30. The van der Waals surface area contributed by atoms with E-state index in [9.17, 15) is 0 Å². The van der Waals surface area contributed by atoms with Crippen molar-refractivity contribution < 1.29 is 21.8 Å². The Kier molecular flexibility index (Phi) is 5.37. The number of hydrogen-bond acceptors (Lipinski definition) is 1. The molecule has 0 aromatic heterocycles. The molecule has 1 nitrogen and oxygen atoms in total. The molecule has 0 N–H and O–H groups in total. The number of fused-ring (bicyclic) bond motifs is 1. The van der Waals surface area contributed by atoms with Gasteiger partial charge in [0.25, 0.3) is 0 Å². The first kappa shape index (κ1) is 11.8. The molecule has 0 amide bonds. The van der Waals surface area contributed by atoms with E-state index in [1.165, 1.54) is 5.56 Å². The smallest absolute Gasteiger partial charge is 0.130 e. The molecule has 0 bridgehead atoms. The second kappa shape index (κ2) is 5.46. The van der Waals surface area contributed by atoms with Gasteiger partial charge >= 0.3 is 0 Å². The molecule has 1 aromatic carbocycles. The summed E-state index contributed by atoms with van der Waals surface area (Å²) >= 11 is 0. The molecule has 61 valence electrons. The molecule has 1 aliphatic rings. The van der Waals surface area contributed by atoms with Crippen LogP contribution in [0.15, 0.2) is 36.6 Å². The van der Waals surface area contributed by atoms with Crippen LogP contribution in [0.1, 0.15) is 5.56 Å². The van der Waals surface area contributed by atoms with Crippen molar-refractivity contribution in [2.45, 2.75) is 6.42 Å². The summed E-state index contributed by atoms with van der Waals surface area (Å²) in [6.07, 6.45) is 4.75. The van der Waals surface area contributed by atoms with Crippen LogP contribution in [0.4, 0.5) is 0 Å². The van der Waals surface area contributed by atoms with Crippen molar-refractivity contribution in [3.8, 4) is 5.75 Å². The minimum atomic E-state index is 0. The van der Waals surface area contributed by atoms with Crippen LogP contribution in [0.25, 0.3) is 0 Å². The van der Waals surface area contributed by atoms with E-state index in [0.717, 1.165) is 12.2 Å². The van der Waals surface area contributed by atoms with Gasteiger partial charge in [-0.05, 0) is 24.1 Å². The monoisotopic (exact) mass is 215 g/mol. The Labute approximate surface area is 93.4 Å². The van der Waals surface area contributed by atoms with Crippen LogP contribution >= 0.6 is 0 Å². The Morgan fingerprint density at radius 2 is 1.92 bits per heavy atom. The first-order valence-corrected chi connectivity index (χ1v) is 3.36. The SMILES string of the molecule is C1=COc2ccccc2C1.[Al].[Fe]. The van der Waals surface area contributed by atoms with Crippen molar-refractivity contribution in [3.05, 3.63) is 42.2 Å². The van der Waals surface area contributed by atoms with E-state index in [0.29, 0.717) is 0 Å². The molecule has 3 radical (unpaired) electrons. The molecule has 2 rings (SSSR count). The molecular formula is C9H8AlFeO. The van der Waals surface area contributed by atoms with E-state index in [-0.39, 0.29) is 34.4 Å². The third-order valence-electron chi connectivity index (χ3n) is 1.60. The zero-order valence-electron chi connectivity index (χ0n) is 6.51. The summed E-state index contributed by atoms with van der Waals surface area (Å²) < 4.78 is 5.24. The minimum Gasteiger partial charge on any atom is -0.465 e. The van der Waals surface area contributed by atoms with Gasteiger partial charge in [0, 0.05) is 34.4 Å². The zero-order valence-corrected chi connectivity index (χ0v) is 8.77. The third-order valence-corrected chi connectivity index (χ3v) is 1.60. The third kappa shape index (κ3) is 2.40. The number of hydrogen-bond donors (Lipinski definition) is 0. The average Bonchev–Trinajstić information content (AvgIpc) is 2.05. The Balaban J connectivity index is 0.000000605. The molecule has 1 aliphatic heterocycles. The van der Waals surface area contributed by atoms with Gasteiger partial charge in [0.1, 0.15) is 5.75 Å². The van der Waals surface area contributed by atoms with E-state index in [1.54, 1.807) is 6.26 Å². The number of para-hydroxylation sites is 1. The Bertz CT molecular complexity index is 246. The molecule has 1 heterocycles. The largest absolute Gasteiger partial charge is 0.465 e. The van der Waals surface area contributed by atoms with Gasteiger partial charge in [-0.1, -0.05) is 18.2 Å². The van der Waals surface area contributed by atoms with Gasteiger partial charge in [0.2, 0.25) is 0 Å². The second-order valence-electron chi connectivity index (χ2n) is 2.30. The maximum Gasteiger partial charge on any atom is 0.130 e. The van der Waals surface area contributed by atoms with Crippen molar-refractivity contribution in [1.29, 1.82) is 0 Å². The molecule has 0 saturated carbocycles. The molecule has 12 heavy (non-hydrogen) atoms. The predicted molar refractivity (Wildman–Crippen MR) is 45.7 cm³/mol. The predicted octanol–water partition coefficient (Wildman–Crippen LogP) is 1.75. The molecule has 3 heteroatoms. The average molecular weight is 215 g/mol. The molecule has 1 aromatic rings. The summed E-state index contributed by atoms with van der Waals surface area (Å²) in [5, 5.41) is 0. The van der Waals surface area contributed by atoms with E-state index < -0.39 is 0 Å². The first-order chi connectivity index (χ1) is 4.97. The molecule has 0 spiro atoms. The number of rotatable bonds is 0. The summed E-state index contributed by atoms with van der Waals surface area (Å²) in [5.41, 5.74) is 1.27. The summed E-state index contributed by atoms with van der Waals surface area (Å²) in [4.78, 5) is 0. The fourth-order valence-electron chi connectivity index (χ4n) is 1.08. The summed E-state index contributed by atoms with van der Waals surface area (Å²) in [5.74, 6) is 0.991. The molecule has 0 aliphatic carbocycles. The van der Waals surface area contributed by atoms with E-state index in [1.807, 2.05) is 24.3 Å². The fourth-order valence-corrected chi connectivity index (χ4v) is 1.08. The van der Waals surface area contributed by atoms with Crippen molar-refractivity contribution in [3.63, 3.8) is 0 Å². The number of ether oxygens (including phenoxy) is 1. The van der Waals surface area contributed by atoms with Crippen molar-refractivity contribution >= 4 is 17.4 Å². The maximum atomic E-state index is 5.24. The van der Waals surface area contributed by atoms with E-state index in [2.05, 4.69) is 6.07 Å². The molecule has 0 atom stereocenters. The minimum absolute atomic E-state index is 0. The Morgan fingerprint density at radius 1 is 1.17 bits per heavy atom. The van der Waals surface area contributed by atoms with Crippen molar-refractivity contribution in [1.82, 2.24) is 0 Å². The van der Waals surface area contributed by atoms with Gasteiger partial charge in [0.15, 0.2) is 0 Å². The Hall–Kier alpha value is -0.188. The summed E-state index contributed by atoms with van der Waals surface area (Å²) in [6, 6.07) is 8.08. The fraction of sp³-hybridized carbons (Fsp3) is 0.111. The topological polar surface area (TPSA) is 9.23 Å². The van der Waals surface area contributed by atoms with Crippen LogP contribution in [0.5, 0.6) is 5.75 Å². The molecule has 0 fully saturated rings. The van der Waals surface area contributed by atoms with Gasteiger partial charge in [-0.2, -0.15) is 0 Å². The summed E-state index contributed by atoms with van der Waals surface area (Å²) in [6.45, 7) is 0. The van der Waals surface area contributed by atoms with E-state index in [4.69, 9.17) is 4.74 Å². The normalized spacial score (nSPS) is 11.7. The first-order valence-electron chi connectivity index (χ1n) is 3.36. The van der Waals surface area contributed by atoms with Gasteiger partial charge < -0.3 is 4.74 Å². The quantitative estimate of drug-likeness (QED) is 0.599. The summed E-state index contributed by atoms with van der Waals surface area (Å²) in [7, 11) is 0. The van der Waals surface area contributed by atoms with E-state index >= 15 is 0 Å². The van der Waals surface area contributed by atoms with Gasteiger partial charge in [-0.15, -0.1) is 0 Å². The van der Waals surface area contributed by atoms with Crippen LogP contribution < -0.4 is 4.74 Å². The van der Waals surface area contributed by atoms with Crippen LogP contribution in [-0.4, -0.2) is 17.4 Å². The van der Waals surface area contributed by atoms with Crippen LogP contribution in [0.3, 0.4) is 0 Å². The number of benzene rings is 1. The van der Waals surface area contributed by atoms with Crippen LogP contribution in [0.2, 0.25) is 0 Å². The Morgan fingerprint density at radius 3 is 2.67 bits per heavy atom. The number of allylic oxidation sites excluding steroid dienone is 1.